The Morgan fingerprint density at radius 1 is 1.00 bits per heavy atom. The van der Waals surface area contributed by atoms with Gasteiger partial charge in [0.25, 0.3) is 17.7 Å². The maximum atomic E-state index is 13.2. The van der Waals surface area contributed by atoms with Gasteiger partial charge in [-0.2, -0.15) is 0 Å². The van der Waals surface area contributed by atoms with Crippen molar-refractivity contribution in [3.05, 3.63) is 68.4 Å². The standard InChI is InChI=1S/C25H19ClN6O4S2/c26-18-5-4-17(38-18)22(34)29-16-3-1-2-14-20(16)25(36)32(24(14)35)12-19(33)30-7-9-31(10-8-30)21-15-6-11-37-23(15)28-13-27-21/h1-6,11,13H,7-10,12H2,(H,29,34). The number of thiophene rings is 2. The van der Waals surface area contributed by atoms with Gasteiger partial charge in [-0.15, -0.1) is 22.7 Å². The van der Waals surface area contributed by atoms with Gasteiger partial charge in [0, 0.05) is 26.2 Å². The van der Waals surface area contributed by atoms with Crippen LogP contribution < -0.4 is 10.2 Å². The predicted molar refractivity (Wildman–Crippen MR) is 145 cm³/mol. The second-order valence-electron chi connectivity index (χ2n) is 8.69. The summed E-state index contributed by atoms with van der Waals surface area (Å²) < 4.78 is 0.460. The third-order valence-corrected chi connectivity index (χ3v) is 8.56. The van der Waals surface area contributed by atoms with E-state index >= 15 is 0 Å². The van der Waals surface area contributed by atoms with Crippen LogP contribution in [0.3, 0.4) is 0 Å². The molecule has 1 saturated heterocycles. The largest absolute Gasteiger partial charge is 0.352 e. The number of hydrogen-bond donors (Lipinski definition) is 1. The number of carbonyl (C=O) groups excluding carboxylic acids is 4. The molecule has 0 radical (unpaired) electrons. The molecule has 4 amide bonds. The van der Waals surface area contributed by atoms with Crippen LogP contribution in [-0.2, 0) is 4.79 Å². The third kappa shape index (κ3) is 4.30. The van der Waals surface area contributed by atoms with E-state index in [1.165, 1.54) is 6.07 Å². The monoisotopic (exact) mass is 566 g/mol. The molecule has 6 rings (SSSR count). The van der Waals surface area contributed by atoms with Crippen LogP contribution in [0.4, 0.5) is 11.5 Å². The topological polar surface area (TPSA) is 116 Å². The highest BCUT2D eigenvalue weighted by molar-refractivity contribution is 7.18. The fraction of sp³-hybridized carbons (Fsp3) is 0.200. The number of nitrogens with zero attached hydrogens (tertiary/aromatic N) is 5. The molecule has 2 aliphatic rings. The third-order valence-electron chi connectivity index (χ3n) is 6.51. The van der Waals surface area contributed by atoms with Gasteiger partial charge in [-0.25, -0.2) is 9.97 Å². The van der Waals surface area contributed by atoms with Crippen molar-refractivity contribution in [2.45, 2.75) is 0 Å². The van der Waals surface area contributed by atoms with E-state index in [0.717, 1.165) is 32.3 Å². The number of imide groups is 1. The first kappa shape index (κ1) is 24.5. The highest BCUT2D eigenvalue weighted by Gasteiger charge is 2.39. The zero-order valence-electron chi connectivity index (χ0n) is 19.7. The van der Waals surface area contributed by atoms with E-state index in [9.17, 15) is 19.2 Å². The number of rotatable bonds is 5. The first-order chi connectivity index (χ1) is 18.4. The lowest BCUT2D eigenvalue weighted by atomic mass is 10.1. The minimum Gasteiger partial charge on any atom is -0.352 e. The van der Waals surface area contributed by atoms with Gasteiger partial charge < -0.3 is 15.1 Å². The van der Waals surface area contributed by atoms with Gasteiger partial charge in [-0.05, 0) is 35.7 Å². The molecule has 13 heteroatoms. The molecule has 0 atom stereocenters. The Bertz CT molecular complexity index is 1610. The van der Waals surface area contributed by atoms with Gasteiger partial charge in [0.05, 0.1) is 31.4 Å². The molecule has 5 heterocycles. The normalized spacial score (nSPS) is 15.3. The van der Waals surface area contributed by atoms with Crippen molar-refractivity contribution < 1.29 is 19.2 Å². The average Bonchev–Trinajstić information content (AvgIpc) is 3.64. The molecule has 1 aromatic carbocycles. The molecule has 3 aromatic heterocycles. The van der Waals surface area contributed by atoms with Crippen molar-refractivity contribution in [2.24, 2.45) is 0 Å². The van der Waals surface area contributed by atoms with Gasteiger partial charge in [0.15, 0.2) is 0 Å². The second kappa shape index (κ2) is 9.78. The Morgan fingerprint density at radius 2 is 1.82 bits per heavy atom. The minimum absolute atomic E-state index is 0.0784. The number of benzene rings is 1. The molecular weight excluding hydrogens is 548 g/mol. The molecule has 0 unspecified atom stereocenters. The summed E-state index contributed by atoms with van der Waals surface area (Å²) in [6.07, 6.45) is 1.54. The van der Waals surface area contributed by atoms with E-state index in [1.54, 1.807) is 46.8 Å². The van der Waals surface area contributed by atoms with Crippen molar-refractivity contribution in [1.82, 2.24) is 19.8 Å². The predicted octanol–water partition coefficient (Wildman–Crippen LogP) is 3.60. The Balaban J connectivity index is 1.13. The Hall–Kier alpha value is -3.87. The lowest BCUT2D eigenvalue weighted by Gasteiger charge is -2.36. The summed E-state index contributed by atoms with van der Waals surface area (Å²) >= 11 is 8.58. The van der Waals surface area contributed by atoms with Gasteiger partial charge in [0.2, 0.25) is 5.91 Å². The van der Waals surface area contributed by atoms with Gasteiger partial charge >= 0.3 is 0 Å². The summed E-state index contributed by atoms with van der Waals surface area (Å²) in [6, 6.07) is 9.83. The van der Waals surface area contributed by atoms with Gasteiger partial charge in [-0.3, -0.25) is 24.1 Å². The zero-order chi connectivity index (χ0) is 26.4. The summed E-state index contributed by atoms with van der Waals surface area (Å²) in [7, 11) is 0. The highest BCUT2D eigenvalue weighted by atomic mass is 35.5. The number of hydrogen-bond acceptors (Lipinski definition) is 9. The summed E-state index contributed by atoms with van der Waals surface area (Å²) in [5, 5.41) is 5.65. The van der Waals surface area contributed by atoms with E-state index in [4.69, 9.17) is 11.6 Å². The van der Waals surface area contributed by atoms with Crippen molar-refractivity contribution in [1.29, 1.82) is 0 Å². The van der Waals surface area contributed by atoms with E-state index in [0.29, 0.717) is 35.4 Å². The molecule has 0 aliphatic carbocycles. The van der Waals surface area contributed by atoms with E-state index in [1.807, 2.05) is 11.4 Å². The Labute approximate surface area is 229 Å². The summed E-state index contributed by atoms with van der Waals surface area (Å²) in [6.45, 7) is 1.63. The SMILES string of the molecule is O=C(Nc1cccc2c1C(=O)N(CC(=O)N1CCN(c3ncnc4sccc34)CC1)C2=O)c1ccc(Cl)s1. The summed E-state index contributed by atoms with van der Waals surface area (Å²) in [5.74, 6) is -1.10. The smallest absolute Gasteiger partial charge is 0.265 e. The number of halogens is 1. The number of carbonyl (C=O) groups is 4. The molecule has 0 spiro atoms. The molecule has 2 aliphatic heterocycles. The summed E-state index contributed by atoms with van der Waals surface area (Å²) in [4.78, 5) is 66.7. The quantitative estimate of drug-likeness (QED) is 0.367. The first-order valence-electron chi connectivity index (χ1n) is 11.7. The van der Waals surface area contributed by atoms with Crippen LogP contribution in [0.25, 0.3) is 10.2 Å². The molecule has 192 valence electrons. The van der Waals surface area contributed by atoms with Crippen LogP contribution in [0.5, 0.6) is 0 Å². The number of anilines is 2. The zero-order valence-corrected chi connectivity index (χ0v) is 22.1. The van der Waals surface area contributed by atoms with E-state index in [-0.39, 0.29) is 29.3 Å². The van der Waals surface area contributed by atoms with Gasteiger partial charge in [-0.1, -0.05) is 17.7 Å². The second-order valence-corrected chi connectivity index (χ2v) is 11.3. The maximum Gasteiger partial charge on any atom is 0.265 e. The minimum atomic E-state index is -0.613. The van der Waals surface area contributed by atoms with Crippen LogP contribution in [-0.4, -0.2) is 76.1 Å². The van der Waals surface area contributed by atoms with E-state index < -0.39 is 17.7 Å². The van der Waals surface area contributed by atoms with Crippen molar-refractivity contribution in [2.75, 3.05) is 42.9 Å². The Kier molecular flexibility index (Phi) is 6.30. The molecular formula is C25H19ClN6O4S2. The Morgan fingerprint density at radius 3 is 2.58 bits per heavy atom. The van der Waals surface area contributed by atoms with Gasteiger partial charge in [0.1, 0.15) is 23.5 Å². The van der Waals surface area contributed by atoms with Crippen LogP contribution in [0, 0.1) is 0 Å². The molecule has 1 fully saturated rings. The fourth-order valence-corrected chi connectivity index (χ4v) is 6.30. The lowest BCUT2D eigenvalue weighted by Crippen LogP contribution is -2.52. The number of piperazine rings is 1. The maximum absolute atomic E-state index is 13.2. The fourth-order valence-electron chi connectivity index (χ4n) is 4.63. The molecule has 10 nitrogen and oxygen atoms in total. The number of nitrogens with one attached hydrogen (secondary N) is 1. The van der Waals surface area contributed by atoms with E-state index in [2.05, 4.69) is 20.2 Å². The number of fused-ring (bicyclic) bond motifs is 2. The highest BCUT2D eigenvalue weighted by Crippen LogP contribution is 2.31. The molecule has 38 heavy (non-hydrogen) atoms. The molecule has 1 N–H and O–H groups in total. The van der Waals surface area contributed by atoms with Crippen molar-refractivity contribution in [3.63, 3.8) is 0 Å². The van der Waals surface area contributed by atoms with Crippen LogP contribution in [0.15, 0.2) is 48.1 Å². The molecule has 0 saturated carbocycles. The van der Waals surface area contributed by atoms with Crippen LogP contribution >= 0.6 is 34.3 Å². The van der Waals surface area contributed by atoms with Crippen LogP contribution in [0.1, 0.15) is 30.4 Å². The van der Waals surface area contributed by atoms with Crippen molar-refractivity contribution >= 4 is 79.6 Å². The average molecular weight is 567 g/mol. The summed E-state index contributed by atoms with van der Waals surface area (Å²) in [5.41, 5.74) is 0.441. The number of aromatic nitrogens is 2. The first-order valence-corrected chi connectivity index (χ1v) is 13.7. The molecule has 4 aromatic rings. The lowest BCUT2D eigenvalue weighted by molar-refractivity contribution is -0.131. The number of amides is 4. The van der Waals surface area contributed by atoms with Crippen LogP contribution in [0.2, 0.25) is 4.34 Å². The van der Waals surface area contributed by atoms with Crippen molar-refractivity contribution in [3.8, 4) is 0 Å². The molecule has 0 bridgehead atoms.